The number of oxazole rings is 1. The monoisotopic (exact) mass is 447 g/mol. The van der Waals surface area contributed by atoms with Gasteiger partial charge in [0.05, 0.1) is 14.2 Å². The molecule has 162 valence electrons. The molecule has 0 atom stereocenters. The summed E-state index contributed by atoms with van der Waals surface area (Å²) in [4.78, 5) is 17.2. The molecule has 8 heteroatoms. The number of carbonyl (C=O) groups is 1. The van der Waals surface area contributed by atoms with Crippen molar-refractivity contribution in [2.75, 3.05) is 19.5 Å². The first kappa shape index (κ1) is 21.3. The number of ether oxygens (including phenoxy) is 2. The van der Waals surface area contributed by atoms with Crippen molar-refractivity contribution in [3.05, 3.63) is 71.8 Å². The second-order valence-electron chi connectivity index (χ2n) is 7.03. The Hall–Kier alpha value is -3.91. The number of fused-ring (bicyclic) bond motifs is 1. The van der Waals surface area contributed by atoms with Crippen LogP contribution in [0.15, 0.2) is 65.1 Å². The second-order valence-corrected chi connectivity index (χ2v) is 7.43. The molecule has 4 aromatic rings. The summed E-state index contributed by atoms with van der Waals surface area (Å²) in [5.41, 5.74) is 4.34. The van der Waals surface area contributed by atoms with Crippen LogP contribution in [0, 0.1) is 6.92 Å². The highest BCUT2D eigenvalue weighted by Crippen LogP contribution is 2.28. The van der Waals surface area contributed by atoms with Crippen molar-refractivity contribution in [2.24, 2.45) is 0 Å². The van der Waals surface area contributed by atoms with E-state index < -0.39 is 0 Å². The molecule has 0 aliphatic carbocycles. The molecule has 0 fully saturated rings. The van der Waals surface area contributed by atoms with Gasteiger partial charge >= 0.3 is 0 Å². The van der Waals surface area contributed by atoms with Gasteiger partial charge in [-0.05, 0) is 61.1 Å². The summed E-state index contributed by atoms with van der Waals surface area (Å²) in [7, 11) is 3.05. The zero-order valence-corrected chi connectivity index (χ0v) is 18.6. The average molecular weight is 448 g/mol. The van der Waals surface area contributed by atoms with Crippen LogP contribution < -0.4 is 20.1 Å². The van der Waals surface area contributed by atoms with E-state index in [9.17, 15) is 4.79 Å². The molecule has 0 spiro atoms. The van der Waals surface area contributed by atoms with Gasteiger partial charge in [-0.15, -0.1) is 0 Å². The predicted octanol–water partition coefficient (Wildman–Crippen LogP) is 4.95. The summed E-state index contributed by atoms with van der Waals surface area (Å²) in [6, 6.07) is 18.2. The fraction of sp³-hybridized carbons (Fsp3) is 0.125. The maximum Gasteiger partial charge on any atom is 0.257 e. The van der Waals surface area contributed by atoms with Crippen molar-refractivity contribution >= 4 is 40.0 Å². The van der Waals surface area contributed by atoms with Crippen LogP contribution >= 0.6 is 12.2 Å². The molecule has 0 radical (unpaired) electrons. The van der Waals surface area contributed by atoms with Gasteiger partial charge in [0.1, 0.15) is 17.0 Å². The lowest BCUT2D eigenvalue weighted by Crippen LogP contribution is -2.34. The van der Waals surface area contributed by atoms with E-state index in [0.29, 0.717) is 28.5 Å². The number of para-hydroxylation sites is 2. The summed E-state index contributed by atoms with van der Waals surface area (Å²) in [6.07, 6.45) is 0. The maximum absolute atomic E-state index is 12.7. The molecule has 0 saturated heterocycles. The van der Waals surface area contributed by atoms with Crippen LogP contribution in [0.3, 0.4) is 0 Å². The number of thiocarbonyl (C=S) groups is 1. The molecule has 32 heavy (non-hydrogen) atoms. The molecule has 0 unspecified atom stereocenters. The molecule has 0 saturated carbocycles. The number of anilines is 1. The highest BCUT2D eigenvalue weighted by Gasteiger charge is 2.14. The summed E-state index contributed by atoms with van der Waals surface area (Å²) in [5.74, 6) is 1.14. The van der Waals surface area contributed by atoms with Crippen LogP contribution in [-0.2, 0) is 0 Å². The maximum atomic E-state index is 12.7. The number of amides is 1. The minimum atomic E-state index is -0.382. The molecule has 0 aliphatic heterocycles. The van der Waals surface area contributed by atoms with Crippen LogP contribution in [-0.4, -0.2) is 30.2 Å². The number of hydrogen-bond acceptors (Lipinski definition) is 6. The number of hydrogen-bond donors (Lipinski definition) is 2. The Morgan fingerprint density at radius 3 is 2.41 bits per heavy atom. The molecule has 1 amide bonds. The molecule has 3 aromatic carbocycles. The van der Waals surface area contributed by atoms with E-state index >= 15 is 0 Å². The quantitative estimate of drug-likeness (QED) is 0.419. The average Bonchev–Trinajstić information content (AvgIpc) is 3.24. The number of benzene rings is 3. The van der Waals surface area contributed by atoms with Gasteiger partial charge in [0.25, 0.3) is 5.91 Å². The SMILES string of the molecule is COc1cc(OC)cc(C(=O)NC(=S)Nc2cc(-c3nc4ccccc4o3)ccc2C)c1. The number of aryl methyl sites for hydroxylation is 1. The third kappa shape index (κ3) is 4.55. The first-order valence-corrected chi connectivity index (χ1v) is 10.2. The molecular formula is C24H21N3O4S. The van der Waals surface area contributed by atoms with E-state index in [2.05, 4.69) is 15.6 Å². The Kier molecular flexibility index (Phi) is 6.04. The van der Waals surface area contributed by atoms with Crippen LogP contribution in [0.25, 0.3) is 22.6 Å². The van der Waals surface area contributed by atoms with Gasteiger partial charge in [-0.1, -0.05) is 18.2 Å². The van der Waals surface area contributed by atoms with E-state index in [1.54, 1.807) is 18.2 Å². The Balaban J connectivity index is 1.52. The first-order valence-electron chi connectivity index (χ1n) is 9.79. The molecular weight excluding hydrogens is 426 g/mol. The van der Waals surface area contributed by atoms with Crippen LogP contribution in [0.1, 0.15) is 15.9 Å². The number of aromatic nitrogens is 1. The summed E-state index contributed by atoms with van der Waals surface area (Å²) >= 11 is 5.36. The van der Waals surface area contributed by atoms with Gasteiger partial charge in [0.2, 0.25) is 5.89 Å². The molecule has 2 N–H and O–H groups in total. The lowest BCUT2D eigenvalue weighted by atomic mass is 10.1. The summed E-state index contributed by atoms with van der Waals surface area (Å²) in [6.45, 7) is 1.94. The van der Waals surface area contributed by atoms with E-state index in [0.717, 1.165) is 22.3 Å². The first-order chi connectivity index (χ1) is 15.5. The molecule has 0 aliphatic rings. The number of carbonyl (C=O) groups excluding carboxylic acids is 1. The largest absolute Gasteiger partial charge is 0.497 e. The number of rotatable bonds is 5. The van der Waals surface area contributed by atoms with Crippen molar-refractivity contribution in [2.45, 2.75) is 6.92 Å². The molecule has 7 nitrogen and oxygen atoms in total. The summed E-state index contributed by atoms with van der Waals surface area (Å²) < 4.78 is 16.3. The van der Waals surface area contributed by atoms with E-state index in [1.807, 2.05) is 49.4 Å². The van der Waals surface area contributed by atoms with Crippen molar-refractivity contribution in [3.63, 3.8) is 0 Å². The van der Waals surface area contributed by atoms with E-state index in [4.69, 9.17) is 26.1 Å². The lowest BCUT2D eigenvalue weighted by Gasteiger charge is -2.13. The van der Waals surface area contributed by atoms with Crippen molar-refractivity contribution in [1.29, 1.82) is 0 Å². The van der Waals surface area contributed by atoms with Gasteiger partial charge in [-0.3, -0.25) is 10.1 Å². The van der Waals surface area contributed by atoms with Crippen LogP contribution in [0.2, 0.25) is 0 Å². The number of nitrogens with one attached hydrogen (secondary N) is 2. The molecule has 0 bridgehead atoms. The van der Waals surface area contributed by atoms with Gasteiger partial charge in [-0.25, -0.2) is 4.98 Å². The second kappa shape index (κ2) is 9.07. The fourth-order valence-corrected chi connectivity index (χ4v) is 3.36. The summed E-state index contributed by atoms with van der Waals surface area (Å²) in [5, 5.41) is 5.93. The van der Waals surface area contributed by atoms with Crippen molar-refractivity contribution in [1.82, 2.24) is 10.3 Å². The highest BCUT2D eigenvalue weighted by molar-refractivity contribution is 7.80. The highest BCUT2D eigenvalue weighted by atomic mass is 32.1. The topological polar surface area (TPSA) is 85.6 Å². The lowest BCUT2D eigenvalue weighted by molar-refractivity contribution is 0.0977. The van der Waals surface area contributed by atoms with Crippen molar-refractivity contribution < 1.29 is 18.7 Å². The Bertz CT molecular complexity index is 1260. The van der Waals surface area contributed by atoms with Gasteiger partial charge < -0.3 is 19.2 Å². The van der Waals surface area contributed by atoms with Crippen molar-refractivity contribution in [3.8, 4) is 23.0 Å². The minimum Gasteiger partial charge on any atom is -0.497 e. The fourth-order valence-electron chi connectivity index (χ4n) is 3.15. The van der Waals surface area contributed by atoms with Crippen LogP contribution in [0.5, 0.6) is 11.5 Å². The molecule has 1 aromatic heterocycles. The smallest absolute Gasteiger partial charge is 0.257 e. The van der Waals surface area contributed by atoms with Gasteiger partial charge in [-0.2, -0.15) is 0 Å². The third-order valence-corrected chi connectivity index (χ3v) is 5.07. The van der Waals surface area contributed by atoms with Crippen LogP contribution in [0.4, 0.5) is 5.69 Å². The number of nitrogens with zero attached hydrogens (tertiary/aromatic N) is 1. The normalized spacial score (nSPS) is 10.6. The Morgan fingerprint density at radius 1 is 1.00 bits per heavy atom. The predicted molar refractivity (Wildman–Crippen MR) is 127 cm³/mol. The van der Waals surface area contributed by atoms with Gasteiger partial charge in [0.15, 0.2) is 10.7 Å². The Morgan fingerprint density at radius 2 is 1.72 bits per heavy atom. The number of methoxy groups -OCH3 is 2. The van der Waals surface area contributed by atoms with E-state index in [-0.39, 0.29) is 11.0 Å². The third-order valence-electron chi connectivity index (χ3n) is 4.87. The zero-order chi connectivity index (χ0) is 22.7. The molecule has 1 heterocycles. The van der Waals surface area contributed by atoms with Gasteiger partial charge in [0, 0.05) is 22.9 Å². The minimum absolute atomic E-state index is 0.162. The molecule has 4 rings (SSSR count). The Labute approximate surface area is 190 Å². The standard InChI is InChI=1S/C24H21N3O4S/c1-14-8-9-15(23-25-19-6-4-5-7-21(19)31-23)12-20(14)26-24(32)27-22(28)16-10-17(29-2)13-18(11-16)30-3/h4-13H,1-3H3,(H2,26,27,28,32). The van der Waals surface area contributed by atoms with E-state index in [1.165, 1.54) is 14.2 Å². The zero-order valence-electron chi connectivity index (χ0n) is 17.8.